The normalized spacial score (nSPS) is 16.8. The second-order valence-corrected chi connectivity index (χ2v) is 2.40. The molecular formula is C4H7Cl2NO2. The van der Waals surface area contributed by atoms with Gasteiger partial charge in [0, 0.05) is 5.88 Å². The maximum Gasteiger partial charge on any atom is 0.322 e. The maximum absolute atomic E-state index is 10.0. The summed E-state index contributed by atoms with van der Waals surface area (Å²) in [6, 6.07) is -1.07. The van der Waals surface area contributed by atoms with Gasteiger partial charge in [-0.05, 0) is 0 Å². The molecule has 0 bridgehead atoms. The molecule has 0 aliphatic carbocycles. The molecule has 0 saturated heterocycles. The minimum absolute atomic E-state index is 0.0506. The Bertz CT molecular complexity index is 109. The van der Waals surface area contributed by atoms with E-state index in [1.54, 1.807) is 0 Å². The lowest BCUT2D eigenvalue weighted by molar-refractivity contribution is -0.138. The molecule has 0 rings (SSSR count). The van der Waals surface area contributed by atoms with Gasteiger partial charge in [-0.15, -0.1) is 23.2 Å². The average molecular weight is 172 g/mol. The summed E-state index contributed by atoms with van der Waals surface area (Å²) in [6.07, 6.45) is 0. The molecule has 0 saturated carbocycles. The van der Waals surface area contributed by atoms with E-state index in [0.29, 0.717) is 0 Å². The fourth-order valence-electron chi connectivity index (χ4n) is 0.251. The van der Waals surface area contributed by atoms with Crippen molar-refractivity contribution in [2.75, 3.05) is 5.88 Å². The standard InChI is InChI=1S/C4H7Cl2NO2/c5-1-2(6)3(7)4(8)9/h2-3H,1,7H2,(H,8,9). The lowest BCUT2D eigenvalue weighted by Gasteiger charge is -2.08. The van der Waals surface area contributed by atoms with E-state index in [0.717, 1.165) is 0 Å². The van der Waals surface area contributed by atoms with Crippen LogP contribution in [0.2, 0.25) is 0 Å². The molecule has 0 heterocycles. The van der Waals surface area contributed by atoms with E-state index in [-0.39, 0.29) is 5.88 Å². The topological polar surface area (TPSA) is 63.3 Å². The number of nitrogens with two attached hydrogens (primary N) is 1. The molecule has 5 heteroatoms. The van der Waals surface area contributed by atoms with Crippen molar-refractivity contribution in [1.29, 1.82) is 0 Å². The van der Waals surface area contributed by atoms with Crippen molar-refractivity contribution in [2.24, 2.45) is 5.73 Å². The van der Waals surface area contributed by atoms with Crippen LogP contribution in [0.4, 0.5) is 0 Å². The summed E-state index contributed by atoms with van der Waals surface area (Å²) in [7, 11) is 0. The minimum atomic E-state index is -1.13. The summed E-state index contributed by atoms with van der Waals surface area (Å²) >= 11 is 10.6. The third-order valence-corrected chi connectivity index (χ3v) is 1.74. The first-order chi connectivity index (χ1) is 4.09. The molecule has 0 amide bonds. The Balaban J connectivity index is 3.72. The van der Waals surface area contributed by atoms with Gasteiger partial charge in [-0.1, -0.05) is 0 Å². The number of alkyl halides is 2. The van der Waals surface area contributed by atoms with E-state index in [1.165, 1.54) is 0 Å². The van der Waals surface area contributed by atoms with Crippen LogP contribution in [-0.4, -0.2) is 28.4 Å². The fourth-order valence-corrected chi connectivity index (χ4v) is 0.550. The van der Waals surface area contributed by atoms with Gasteiger partial charge in [0.1, 0.15) is 6.04 Å². The highest BCUT2D eigenvalue weighted by atomic mass is 35.5. The molecule has 0 aromatic heterocycles. The van der Waals surface area contributed by atoms with E-state index >= 15 is 0 Å². The van der Waals surface area contributed by atoms with Crippen molar-refractivity contribution in [3.8, 4) is 0 Å². The molecule has 0 aliphatic rings. The molecular weight excluding hydrogens is 165 g/mol. The predicted octanol–water partition coefficient (Wildman–Crippen LogP) is 0.244. The van der Waals surface area contributed by atoms with Crippen molar-refractivity contribution in [1.82, 2.24) is 0 Å². The minimum Gasteiger partial charge on any atom is -0.480 e. The van der Waals surface area contributed by atoms with Gasteiger partial charge in [0.05, 0.1) is 5.38 Å². The molecule has 0 aliphatic heterocycles. The number of carboxylic acid groups (broad SMARTS) is 1. The monoisotopic (exact) mass is 171 g/mol. The van der Waals surface area contributed by atoms with Crippen molar-refractivity contribution in [2.45, 2.75) is 11.4 Å². The molecule has 0 fully saturated rings. The van der Waals surface area contributed by atoms with Crippen LogP contribution in [-0.2, 0) is 4.79 Å². The van der Waals surface area contributed by atoms with Crippen LogP contribution >= 0.6 is 23.2 Å². The molecule has 0 aromatic rings. The lowest BCUT2D eigenvalue weighted by atomic mass is 10.2. The highest BCUT2D eigenvalue weighted by molar-refractivity contribution is 6.29. The van der Waals surface area contributed by atoms with Gasteiger partial charge in [0.2, 0.25) is 0 Å². The first kappa shape index (κ1) is 9.01. The van der Waals surface area contributed by atoms with Crippen LogP contribution in [0.1, 0.15) is 0 Å². The number of hydrogen-bond acceptors (Lipinski definition) is 2. The van der Waals surface area contributed by atoms with Crippen LogP contribution in [0.25, 0.3) is 0 Å². The first-order valence-electron chi connectivity index (χ1n) is 2.28. The molecule has 0 aromatic carbocycles. The predicted molar refractivity (Wildman–Crippen MR) is 36.0 cm³/mol. The SMILES string of the molecule is NC(C(=O)O)C(Cl)CCl. The van der Waals surface area contributed by atoms with Gasteiger partial charge in [-0.25, -0.2) is 0 Å². The van der Waals surface area contributed by atoms with Gasteiger partial charge in [0.25, 0.3) is 0 Å². The highest BCUT2D eigenvalue weighted by Crippen LogP contribution is 2.02. The van der Waals surface area contributed by atoms with Gasteiger partial charge < -0.3 is 10.8 Å². The Morgan fingerprint density at radius 3 is 2.33 bits per heavy atom. The molecule has 0 radical (unpaired) electrons. The molecule has 54 valence electrons. The van der Waals surface area contributed by atoms with Crippen LogP contribution < -0.4 is 5.73 Å². The lowest BCUT2D eigenvalue weighted by Crippen LogP contribution is -2.39. The van der Waals surface area contributed by atoms with Crippen molar-refractivity contribution in [3.05, 3.63) is 0 Å². The van der Waals surface area contributed by atoms with Crippen molar-refractivity contribution in [3.63, 3.8) is 0 Å². The number of rotatable bonds is 3. The zero-order valence-corrected chi connectivity index (χ0v) is 6.06. The molecule has 3 nitrogen and oxygen atoms in total. The number of aliphatic carboxylic acids is 1. The second kappa shape index (κ2) is 3.93. The summed E-state index contributed by atoms with van der Waals surface area (Å²) in [4.78, 5) is 10.0. The Labute approximate surface area is 62.7 Å². The summed E-state index contributed by atoms with van der Waals surface area (Å²) < 4.78 is 0. The van der Waals surface area contributed by atoms with Crippen molar-refractivity contribution < 1.29 is 9.90 Å². The second-order valence-electron chi connectivity index (χ2n) is 1.53. The van der Waals surface area contributed by atoms with Gasteiger partial charge in [0.15, 0.2) is 0 Å². The fraction of sp³-hybridized carbons (Fsp3) is 0.750. The van der Waals surface area contributed by atoms with Crippen LogP contribution in [0.5, 0.6) is 0 Å². The van der Waals surface area contributed by atoms with Crippen LogP contribution in [0.15, 0.2) is 0 Å². The van der Waals surface area contributed by atoms with E-state index in [1.807, 2.05) is 0 Å². The zero-order chi connectivity index (χ0) is 7.44. The number of hydrogen-bond donors (Lipinski definition) is 2. The quantitative estimate of drug-likeness (QED) is 0.599. The molecule has 3 N–H and O–H groups in total. The zero-order valence-electron chi connectivity index (χ0n) is 4.55. The Morgan fingerprint density at radius 2 is 2.22 bits per heavy atom. The molecule has 0 spiro atoms. The largest absolute Gasteiger partial charge is 0.480 e. The molecule has 9 heavy (non-hydrogen) atoms. The van der Waals surface area contributed by atoms with Gasteiger partial charge in [-0.2, -0.15) is 0 Å². The van der Waals surface area contributed by atoms with E-state index < -0.39 is 17.4 Å². The van der Waals surface area contributed by atoms with Gasteiger partial charge in [-0.3, -0.25) is 4.79 Å². The Morgan fingerprint density at radius 1 is 1.78 bits per heavy atom. The number of halogens is 2. The van der Waals surface area contributed by atoms with E-state index in [9.17, 15) is 4.79 Å². The number of carbonyl (C=O) groups is 1. The van der Waals surface area contributed by atoms with Crippen LogP contribution in [0.3, 0.4) is 0 Å². The first-order valence-corrected chi connectivity index (χ1v) is 3.25. The summed E-state index contributed by atoms with van der Waals surface area (Å²) in [6.45, 7) is 0. The maximum atomic E-state index is 10.0. The summed E-state index contributed by atoms with van der Waals surface area (Å²) in [5, 5.41) is 7.52. The Hall–Kier alpha value is 0.01000. The smallest absolute Gasteiger partial charge is 0.322 e. The number of carboxylic acids is 1. The van der Waals surface area contributed by atoms with Gasteiger partial charge >= 0.3 is 5.97 Å². The van der Waals surface area contributed by atoms with E-state index in [2.05, 4.69) is 0 Å². The van der Waals surface area contributed by atoms with Crippen LogP contribution in [0, 0.1) is 0 Å². The highest BCUT2D eigenvalue weighted by Gasteiger charge is 2.20. The molecule has 2 atom stereocenters. The third-order valence-electron chi connectivity index (χ3n) is 0.822. The van der Waals surface area contributed by atoms with Crippen molar-refractivity contribution >= 4 is 29.2 Å². The van der Waals surface area contributed by atoms with E-state index in [4.69, 9.17) is 34.0 Å². The third kappa shape index (κ3) is 2.89. The molecule has 2 unspecified atom stereocenters. The summed E-state index contributed by atoms with van der Waals surface area (Å²) in [5.41, 5.74) is 5.05. The Kier molecular flexibility index (Phi) is 3.93. The average Bonchev–Trinajstić information content (AvgIpc) is 1.84. The summed E-state index contributed by atoms with van der Waals surface area (Å²) in [5.74, 6) is -1.08.